The maximum absolute atomic E-state index is 2.41. The lowest BCUT2D eigenvalue weighted by Gasteiger charge is -2.12. The van der Waals surface area contributed by atoms with Crippen molar-refractivity contribution in [3.05, 3.63) is 315 Å². The van der Waals surface area contributed by atoms with E-state index in [-0.39, 0.29) is 0 Å². The van der Waals surface area contributed by atoms with Crippen molar-refractivity contribution in [1.29, 1.82) is 0 Å². The lowest BCUT2D eigenvalue weighted by Crippen LogP contribution is -1.94. The van der Waals surface area contributed by atoms with E-state index in [0.717, 1.165) is 11.4 Å². The van der Waals surface area contributed by atoms with Crippen molar-refractivity contribution in [3.63, 3.8) is 0 Å². The predicted molar refractivity (Wildman–Crippen MR) is 339 cm³/mol. The van der Waals surface area contributed by atoms with Gasteiger partial charge in [-0.2, -0.15) is 0 Å². The molecule has 13 aromatic carbocycles. The quantitative estimate of drug-likeness (QED) is 0.129. The fourth-order valence-corrected chi connectivity index (χ4v) is 12.2. The summed E-state index contributed by atoms with van der Waals surface area (Å²) >= 11 is 0. The first kappa shape index (κ1) is 46.7. The van der Waals surface area contributed by atoms with Crippen LogP contribution in [0.25, 0.3) is 144 Å². The minimum atomic E-state index is 1.14. The van der Waals surface area contributed by atoms with Gasteiger partial charge in [-0.3, -0.25) is 0 Å². The third kappa shape index (κ3) is 8.39. The Balaban J connectivity index is 0.686. The van der Waals surface area contributed by atoms with Crippen LogP contribution in [0.4, 0.5) is 0 Å². The van der Waals surface area contributed by atoms with E-state index in [2.05, 4.69) is 325 Å². The molecule has 2 nitrogen and oxygen atoms in total. The Hall–Kier alpha value is -10.5. The Bertz CT molecular complexity index is 4770. The molecule has 2 heterocycles. The van der Waals surface area contributed by atoms with Crippen molar-refractivity contribution < 1.29 is 0 Å². The number of hydrogen-bond acceptors (Lipinski definition) is 0. The number of aromatic nitrogens is 2. The van der Waals surface area contributed by atoms with E-state index in [1.807, 2.05) is 0 Å². The van der Waals surface area contributed by atoms with Gasteiger partial charge < -0.3 is 9.13 Å². The Labute approximate surface area is 466 Å². The molecule has 0 atom stereocenters. The van der Waals surface area contributed by atoms with Crippen LogP contribution >= 0.6 is 0 Å². The van der Waals surface area contributed by atoms with Crippen LogP contribution in [0, 0.1) is 0 Å². The van der Waals surface area contributed by atoms with Crippen LogP contribution in [-0.4, -0.2) is 9.13 Å². The summed E-state index contributed by atoms with van der Waals surface area (Å²) < 4.78 is 4.82. The first-order valence-electron chi connectivity index (χ1n) is 27.5. The molecule has 0 saturated heterocycles. The van der Waals surface area contributed by atoms with E-state index in [4.69, 9.17) is 0 Å². The fourth-order valence-electron chi connectivity index (χ4n) is 12.2. The number of fused-ring (bicyclic) bond motifs is 6. The first-order valence-corrected chi connectivity index (χ1v) is 27.5. The summed E-state index contributed by atoms with van der Waals surface area (Å²) in [7, 11) is 0. The van der Waals surface area contributed by atoms with Crippen molar-refractivity contribution in [2.24, 2.45) is 0 Å². The van der Waals surface area contributed by atoms with Crippen LogP contribution in [0.2, 0.25) is 0 Å². The summed E-state index contributed by atoms with van der Waals surface area (Å²) in [5.41, 5.74) is 26.3. The molecule has 80 heavy (non-hydrogen) atoms. The average Bonchev–Trinajstić information content (AvgIpc) is 4.13. The van der Waals surface area contributed by atoms with Crippen LogP contribution in [0.1, 0.15) is 0 Å². The summed E-state index contributed by atoms with van der Waals surface area (Å²) in [6.45, 7) is 0. The molecule has 0 aliphatic rings. The van der Waals surface area contributed by atoms with Crippen LogP contribution in [0.5, 0.6) is 0 Å². The normalized spacial score (nSPS) is 11.5. The molecule has 0 radical (unpaired) electrons. The zero-order chi connectivity index (χ0) is 52.9. The highest BCUT2D eigenvalue weighted by Crippen LogP contribution is 2.40. The summed E-state index contributed by atoms with van der Waals surface area (Å²) in [6, 6.07) is 115. The minimum absolute atomic E-state index is 1.14. The molecule has 0 saturated carbocycles. The highest BCUT2D eigenvalue weighted by atomic mass is 15.0. The fraction of sp³-hybridized carbons (Fsp3) is 0. The Morgan fingerprint density at radius 2 is 0.450 bits per heavy atom. The summed E-state index contributed by atoms with van der Waals surface area (Å²) in [4.78, 5) is 0. The molecule has 2 heteroatoms. The van der Waals surface area contributed by atoms with Crippen molar-refractivity contribution in [2.75, 3.05) is 0 Å². The van der Waals surface area contributed by atoms with Gasteiger partial charge in [-0.15, -0.1) is 0 Å². The average molecular weight is 1020 g/mol. The summed E-state index contributed by atoms with van der Waals surface area (Å²) in [5, 5.41) is 4.97. The molecule has 0 bridgehead atoms. The van der Waals surface area contributed by atoms with Crippen LogP contribution in [-0.2, 0) is 0 Å². The molecular formula is C78H52N2. The van der Waals surface area contributed by atoms with Crippen LogP contribution < -0.4 is 0 Å². The molecule has 0 fully saturated rings. The van der Waals surface area contributed by atoms with Gasteiger partial charge in [0.15, 0.2) is 0 Å². The summed E-state index contributed by atoms with van der Waals surface area (Å²) in [5.74, 6) is 0. The smallest absolute Gasteiger partial charge is 0.0541 e. The van der Waals surface area contributed by atoms with Gasteiger partial charge in [-0.05, 0) is 162 Å². The maximum Gasteiger partial charge on any atom is 0.0541 e. The van der Waals surface area contributed by atoms with E-state index in [9.17, 15) is 0 Å². The number of rotatable bonds is 10. The van der Waals surface area contributed by atoms with Crippen molar-refractivity contribution in [3.8, 4) is 100 Å². The maximum atomic E-state index is 2.41. The largest absolute Gasteiger partial charge is 0.309 e. The highest BCUT2D eigenvalue weighted by Gasteiger charge is 2.18. The molecule has 374 valence electrons. The number of nitrogens with zero attached hydrogens (tertiary/aromatic N) is 2. The van der Waals surface area contributed by atoms with Crippen LogP contribution in [0.3, 0.4) is 0 Å². The van der Waals surface area contributed by atoms with E-state index in [1.54, 1.807) is 0 Å². The zero-order valence-corrected chi connectivity index (χ0v) is 43.9. The van der Waals surface area contributed by atoms with Gasteiger partial charge in [-0.25, -0.2) is 0 Å². The molecule has 0 spiro atoms. The molecule has 15 rings (SSSR count). The molecule has 2 aromatic heterocycles. The molecular weight excluding hydrogens is 965 g/mol. The minimum Gasteiger partial charge on any atom is -0.309 e. The number of benzene rings is 13. The van der Waals surface area contributed by atoms with Gasteiger partial charge in [0.25, 0.3) is 0 Å². The second-order valence-electron chi connectivity index (χ2n) is 20.9. The Kier molecular flexibility index (Phi) is 11.6. The van der Waals surface area contributed by atoms with Gasteiger partial charge >= 0.3 is 0 Å². The molecule has 15 aromatic rings. The molecule has 0 aliphatic heterocycles. The first-order chi connectivity index (χ1) is 39.6. The number of para-hydroxylation sites is 2. The van der Waals surface area contributed by atoms with E-state index < -0.39 is 0 Å². The van der Waals surface area contributed by atoms with Crippen molar-refractivity contribution >= 4 is 43.6 Å². The zero-order valence-electron chi connectivity index (χ0n) is 43.9. The van der Waals surface area contributed by atoms with Crippen LogP contribution in [0.15, 0.2) is 315 Å². The van der Waals surface area contributed by atoms with Gasteiger partial charge in [0, 0.05) is 32.9 Å². The van der Waals surface area contributed by atoms with E-state index in [0.29, 0.717) is 0 Å². The monoisotopic (exact) mass is 1020 g/mol. The Morgan fingerprint density at radius 3 is 0.963 bits per heavy atom. The number of hydrogen-bond donors (Lipinski definition) is 0. The standard InChI is InChI=1S/C78H52N2/c1-3-16-53(17-4-1)64-24-15-25-68(50-64)80-76-31-12-10-29-72(76)74-52-66(43-47-78(74)80)65-42-46-77-73(51-65)71-28-9-11-30-75(71)79(77)67-44-40-55(41-45-67)54-32-34-56(35-33-54)60-20-13-22-62(48-60)63-23-14-21-61(49-63)57-36-38-59(39-37-57)70-27-8-7-26-69(70)58-18-5-2-6-19-58/h1-52H. The SMILES string of the molecule is c1ccc(-c2cccc(-n3c4ccccc4c4cc(-c5ccc6c(c5)c5ccccc5n6-c5ccc(-c6ccc(-c7cccc(-c8cccc(-c9ccc(-c%10ccccc%10-c%10ccccc%10)cc9)c8)c7)cc6)cc5)ccc43)c2)cc1. The van der Waals surface area contributed by atoms with Crippen molar-refractivity contribution in [2.45, 2.75) is 0 Å². The molecule has 0 N–H and O–H groups in total. The summed E-state index contributed by atoms with van der Waals surface area (Å²) in [6.07, 6.45) is 0. The van der Waals surface area contributed by atoms with Gasteiger partial charge in [0.1, 0.15) is 0 Å². The predicted octanol–water partition coefficient (Wildman–Crippen LogP) is 21.2. The van der Waals surface area contributed by atoms with E-state index >= 15 is 0 Å². The third-order valence-electron chi connectivity index (χ3n) is 16.2. The van der Waals surface area contributed by atoms with Gasteiger partial charge in [-0.1, -0.05) is 243 Å². The molecule has 0 amide bonds. The lowest BCUT2D eigenvalue weighted by molar-refractivity contribution is 1.18. The van der Waals surface area contributed by atoms with E-state index in [1.165, 1.54) is 133 Å². The third-order valence-corrected chi connectivity index (χ3v) is 16.2. The van der Waals surface area contributed by atoms with Gasteiger partial charge in [0.05, 0.1) is 22.1 Å². The van der Waals surface area contributed by atoms with Gasteiger partial charge in [0.2, 0.25) is 0 Å². The molecule has 0 unspecified atom stereocenters. The Morgan fingerprint density at radius 1 is 0.150 bits per heavy atom. The van der Waals surface area contributed by atoms with Crippen molar-refractivity contribution in [1.82, 2.24) is 9.13 Å². The topological polar surface area (TPSA) is 9.86 Å². The molecule has 0 aliphatic carbocycles. The second-order valence-corrected chi connectivity index (χ2v) is 20.9. The lowest BCUT2D eigenvalue weighted by atomic mass is 9.92. The second kappa shape index (κ2) is 19.8. The highest BCUT2D eigenvalue weighted by molar-refractivity contribution is 6.13.